The van der Waals surface area contributed by atoms with Gasteiger partial charge in [0.1, 0.15) is 5.82 Å². The van der Waals surface area contributed by atoms with Crippen molar-refractivity contribution in [2.75, 3.05) is 5.75 Å². The van der Waals surface area contributed by atoms with E-state index >= 15 is 0 Å². The number of benzene rings is 3. The van der Waals surface area contributed by atoms with Gasteiger partial charge in [-0.1, -0.05) is 65.8 Å². The van der Waals surface area contributed by atoms with Crippen molar-refractivity contribution in [3.63, 3.8) is 0 Å². The molecule has 1 aromatic heterocycles. The third kappa shape index (κ3) is 5.75. The van der Waals surface area contributed by atoms with Gasteiger partial charge >= 0.3 is 0 Å². The van der Waals surface area contributed by atoms with E-state index in [-0.39, 0.29) is 17.5 Å². The van der Waals surface area contributed by atoms with Crippen molar-refractivity contribution in [3.8, 4) is 11.4 Å². The van der Waals surface area contributed by atoms with Gasteiger partial charge in [-0.3, -0.25) is 9.36 Å². The third-order valence-corrected chi connectivity index (χ3v) is 5.92. The Balaban J connectivity index is 1.48. The van der Waals surface area contributed by atoms with Crippen molar-refractivity contribution >= 4 is 29.3 Å². The molecule has 1 amide bonds. The molecule has 0 fully saturated rings. The molecule has 0 bridgehead atoms. The van der Waals surface area contributed by atoms with E-state index in [0.29, 0.717) is 29.1 Å². The fraction of sp³-hybridized carbons (Fsp3) is 0.125. The number of hydrogen-bond donors (Lipinski definition) is 1. The molecule has 162 valence electrons. The molecule has 32 heavy (non-hydrogen) atoms. The molecule has 0 aliphatic carbocycles. The highest BCUT2D eigenvalue weighted by Gasteiger charge is 2.16. The van der Waals surface area contributed by atoms with Gasteiger partial charge in [0.05, 0.1) is 12.3 Å². The molecule has 0 atom stereocenters. The summed E-state index contributed by atoms with van der Waals surface area (Å²) in [5, 5.41) is 12.8. The second-order valence-electron chi connectivity index (χ2n) is 7.08. The molecule has 8 heteroatoms. The van der Waals surface area contributed by atoms with Crippen LogP contribution in [-0.2, 0) is 17.9 Å². The van der Waals surface area contributed by atoms with Crippen LogP contribution in [0.2, 0.25) is 5.02 Å². The van der Waals surface area contributed by atoms with E-state index in [1.54, 1.807) is 18.2 Å². The van der Waals surface area contributed by atoms with Gasteiger partial charge in [-0.25, -0.2) is 4.39 Å². The van der Waals surface area contributed by atoms with Crippen molar-refractivity contribution in [2.45, 2.75) is 18.2 Å². The summed E-state index contributed by atoms with van der Waals surface area (Å²) in [5.74, 6) is 0.383. The lowest BCUT2D eigenvalue weighted by Crippen LogP contribution is -2.24. The number of nitrogens with one attached hydrogen (secondary N) is 1. The maximum Gasteiger partial charge on any atom is 0.230 e. The average molecular weight is 467 g/mol. The van der Waals surface area contributed by atoms with Gasteiger partial charge in [0.25, 0.3) is 0 Å². The summed E-state index contributed by atoms with van der Waals surface area (Å²) in [4.78, 5) is 12.4. The highest BCUT2D eigenvalue weighted by Crippen LogP contribution is 2.25. The summed E-state index contributed by atoms with van der Waals surface area (Å²) >= 11 is 7.30. The molecule has 1 heterocycles. The number of aromatic nitrogens is 3. The topological polar surface area (TPSA) is 59.8 Å². The Kier molecular flexibility index (Phi) is 7.19. The molecule has 5 nitrogen and oxygen atoms in total. The number of carbonyl (C=O) groups is 1. The van der Waals surface area contributed by atoms with Crippen LogP contribution in [-0.4, -0.2) is 26.4 Å². The quantitative estimate of drug-likeness (QED) is 0.363. The lowest BCUT2D eigenvalue weighted by Gasteiger charge is -2.11. The normalized spacial score (nSPS) is 10.8. The van der Waals surface area contributed by atoms with Crippen LogP contribution in [0, 0.1) is 5.82 Å². The lowest BCUT2D eigenvalue weighted by molar-refractivity contribution is -0.118. The van der Waals surface area contributed by atoms with Crippen LogP contribution in [0.1, 0.15) is 11.1 Å². The molecule has 1 N–H and O–H groups in total. The first-order valence-electron chi connectivity index (χ1n) is 9.95. The highest BCUT2D eigenvalue weighted by molar-refractivity contribution is 7.99. The molecular formula is C24H20ClFN4OS. The van der Waals surface area contributed by atoms with Crippen LogP contribution in [0.3, 0.4) is 0 Å². The molecular weight excluding hydrogens is 447 g/mol. The minimum Gasteiger partial charge on any atom is -0.351 e. The summed E-state index contributed by atoms with van der Waals surface area (Å²) in [6.45, 7) is 0.935. The zero-order valence-corrected chi connectivity index (χ0v) is 18.6. The van der Waals surface area contributed by atoms with Crippen molar-refractivity contribution in [2.24, 2.45) is 0 Å². The molecule has 0 spiro atoms. The first kappa shape index (κ1) is 22.0. The molecule has 4 rings (SSSR count). The molecule has 0 saturated carbocycles. The van der Waals surface area contributed by atoms with E-state index in [4.69, 9.17) is 11.6 Å². The van der Waals surface area contributed by atoms with Gasteiger partial charge in [0, 0.05) is 17.1 Å². The minimum absolute atomic E-state index is 0.118. The summed E-state index contributed by atoms with van der Waals surface area (Å²) in [5.41, 5.74) is 2.76. The van der Waals surface area contributed by atoms with Crippen LogP contribution < -0.4 is 5.32 Å². The van der Waals surface area contributed by atoms with E-state index in [9.17, 15) is 9.18 Å². The second-order valence-corrected chi connectivity index (χ2v) is 8.46. The molecule has 4 aromatic rings. The average Bonchev–Trinajstić information content (AvgIpc) is 3.20. The summed E-state index contributed by atoms with van der Waals surface area (Å²) in [6, 6.07) is 23.4. The first-order valence-corrected chi connectivity index (χ1v) is 11.3. The van der Waals surface area contributed by atoms with Gasteiger partial charge < -0.3 is 5.32 Å². The Labute approximate surface area is 194 Å². The number of nitrogens with zero attached hydrogens (tertiary/aromatic N) is 3. The molecule has 0 aliphatic heterocycles. The summed E-state index contributed by atoms with van der Waals surface area (Å²) < 4.78 is 15.3. The van der Waals surface area contributed by atoms with E-state index in [0.717, 1.165) is 16.7 Å². The van der Waals surface area contributed by atoms with Crippen LogP contribution in [0.5, 0.6) is 0 Å². The Morgan fingerprint density at radius 3 is 2.47 bits per heavy atom. The lowest BCUT2D eigenvalue weighted by atomic mass is 10.2. The van der Waals surface area contributed by atoms with Crippen LogP contribution in [0.15, 0.2) is 84.0 Å². The number of rotatable bonds is 8. The summed E-state index contributed by atoms with van der Waals surface area (Å²) in [6.07, 6.45) is 0. The van der Waals surface area contributed by atoms with Crippen LogP contribution >= 0.6 is 23.4 Å². The maximum atomic E-state index is 13.4. The predicted molar refractivity (Wildman–Crippen MR) is 125 cm³/mol. The van der Waals surface area contributed by atoms with E-state index < -0.39 is 0 Å². The summed E-state index contributed by atoms with van der Waals surface area (Å²) in [7, 11) is 0. The van der Waals surface area contributed by atoms with Crippen molar-refractivity contribution in [1.29, 1.82) is 0 Å². The number of hydrogen-bond acceptors (Lipinski definition) is 4. The number of thioether (sulfide) groups is 1. The monoisotopic (exact) mass is 466 g/mol. The Hall–Kier alpha value is -3.16. The molecule has 0 aliphatic rings. The van der Waals surface area contributed by atoms with E-state index in [1.807, 2.05) is 53.1 Å². The van der Waals surface area contributed by atoms with Gasteiger partial charge in [0.15, 0.2) is 11.0 Å². The zero-order valence-electron chi connectivity index (χ0n) is 17.0. The van der Waals surface area contributed by atoms with Gasteiger partial charge in [0.2, 0.25) is 5.91 Å². The number of amides is 1. The van der Waals surface area contributed by atoms with Crippen LogP contribution in [0.4, 0.5) is 4.39 Å². The SMILES string of the molecule is O=C(CSc1nnc(-c2ccc(F)cc2)n1Cc1ccccc1)NCc1cccc(Cl)c1. The molecule has 0 radical (unpaired) electrons. The third-order valence-electron chi connectivity index (χ3n) is 4.71. The molecule has 3 aromatic carbocycles. The fourth-order valence-corrected chi connectivity index (χ4v) is 4.13. The van der Waals surface area contributed by atoms with Crippen molar-refractivity contribution < 1.29 is 9.18 Å². The van der Waals surface area contributed by atoms with Crippen molar-refractivity contribution in [1.82, 2.24) is 20.1 Å². The Bertz CT molecular complexity index is 1200. The predicted octanol–water partition coefficient (Wildman–Crippen LogP) is 5.19. The standard InChI is InChI=1S/C24H20ClFN4OS/c25-20-8-4-7-18(13-20)14-27-22(31)16-32-24-29-28-23(19-9-11-21(26)12-10-19)30(24)15-17-5-2-1-3-6-17/h1-13H,14-16H2,(H,27,31). The number of carbonyl (C=O) groups excluding carboxylic acids is 1. The highest BCUT2D eigenvalue weighted by atomic mass is 35.5. The first-order chi connectivity index (χ1) is 15.6. The Morgan fingerprint density at radius 2 is 1.72 bits per heavy atom. The minimum atomic E-state index is -0.311. The van der Waals surface area contributed by atoms with Crippen LogP contribution in [0.25, 0.3) is 11.4 Å². The second kappa shape index (κ2) is 10.4. The maximum absolute atomic E-state index is 13.4. The molecule has 0 unspecified atom stereocenters. The van der Waals surface area contributed by atoms with Crippen molar-refractivity contribution in [3.05, 3.63) is 101 Å². The van der Waals surface area contributed by atoms with E-state index in [1.165, 1.54) is 23.9 Å². The zero-order chi connectivity index (χ0) is 22.3. The Morgan fingerprint density at radius 1 is 0.969 bits per heavy atom. The fourth-order valence-electron chi connectivity index (χ4n) is 3.15. The smallest absolute Gasteiger partial charge is 0.230 e. The largest absolute Gasteiger partial charge is 0.351 e. The molecule has 0 saturated heterocycles. The van der Waals surface area contributed by atoms with E-state index in [2.05, 4.69) is 15.5 Å². The van der Waals surface area contributed by atoms with Gasteiger partial charge in [-0.05, 0) is 47.5 Å². The van der Waals surface area contributed by atoms with Gasteiger partial charge in [-0.2, -0.15) is 0 Å². The number of halogens is 2. The van der Waals surface area contributed by atoms with Gasteiger partial charge in [-0.15, -0.1) is 10.2 Å².